The average molecular weight is 398 g/mol. The fraction of sp³-hybridized carbons (Fsp3) is 0.222. The van der Waals surface area contributed by atoms with Crippen molar-refractivity contribution in [1.29, 1.82) is 0 Å². The number of ether oxygens (including phenoxy) is 2. The SMILES string of the molecule is COC(=O)C(NC(=O)c1cc(Cl)ccc1Cl)C(O)c1ccc(OC)cc1. The minimum absolute atomic E-state index is 0.0787. The molecular formula is C18H17Cl2NO5. The van der Waals surface area contributed by atoms with Crippen molar-refractivity contribution in [1.82, 2.24) is 5.32 Å². The first-order valence-corrected chi connectivity index (χ1v) is 8.28. The Bertz CT molecular complexity index is 795. The maximum absolute atomic E-state index is 12.5. The molecule has 2 unspecified atom stereocenters. The van der Waals surface area contributed by atoms with Gasteiger partial charge >= 0.3 is 5.97 Å². The van der Waals surface area contributed by atoms with Gasteiger partial charge in [0.05, 0.1) is 24.8 Å². The highest BCUT2D eigenvalue weighted by Crippen LogP contribution is 2.24. The van der Waals surface area contributed by atoms with E-state index in [2.05, 4.69) is 5.32 Å². The first kappa shape index (κ1) is 20.0. The van der Waals surface area contributed by atoms with Crippen LogP contribution in [0.3, 0.4) is 0 Å². The molecule has 1 amide bonds. The van der Waals surface area contributed by atoms with Crippen molar-refractivity contribution in [3.8, 4) is 5.75 Å². The number of carbonyl (C=O) groups excluding carboxylic acids is 2. The second-order valence-corrected chi connectivity index (χ2v) is 6.16. The molecule has 2 atom stereocenters. The van der Waals surface area contributed by atoms with E-state index in [1.165, 1.54) is 25.3 Å². The van der Waals surface area contributed by atoms with E-state index < -0.39 is 24.0 Å². The molecule has 0 bridgehead atoms. The molecule has 2 rings (SSSR count). The second-order valence-electron chi connectivity index (χ2n) is 5.32. The smallest absolute Gasteiger partial charge is 0.331 e. The summed E-state index contributed by atoms with van der Waals surface area (Å²) in [5.41, 5.74) is 0.480. The van der Waals surface area contributed by atoms with Crippen LogP contribution in [0.2, 0.25) is 10.0 Å². The first-order chi connectivity index (χ1) is 12.4. The minimum atomic E-state index is -1.34. The van der Waals surface area contributed by atoms with Gasteiger partial charge in [0.25, 0.3) is 5.91 Å². The lowest BCUT2D eigenvalue weighted by atomic mass is 10.0. The minimum Gasteiger partial charge on any atom is -0.497 e. The molecule has 2 aromatic carbocycles. The first-order valence-electron chi connectivity index (χ1n) is 7.53. The predicted molar refractivity (Wildman–Crippen MR) is 97.7 cm³/mol. The van der Waals surface area contributed by atoms with Gasteiger partial charge < -0.3 is 19.9 Å². The number of hydrogen-bond donors (Lipinski definition) is 2. The highest BCUT2D eigenvalue weighted by atomic mass is 35.5. The normalized spacial score (nSPS) is 12.8. The molecule has 0 aromatic heterocycles. The molecule has 2 aromatic rings. The summed E-state index contributed by atoms with van der Waals surface area (Å²) < 4.78 is 9.75. The van der Waals surface area contributed by atoms with E-state index >= 15 is 0 Å². The molecule has 0 radical (unpaired) electrons. The van der Waals surface area contributed by atoms with Crippen LogP contribution in [-0.4, -0.2) is 37.2 Å². The average Bonchev–Trinajstić information content (AvgIpc) is 2.66. The lowest BCUT2D eigenvalue weighted by molar-refractivity contribution is -0.146. The van der Waals surface area contributed by atoms with Gasteiger partial charge in [-0.2, -0.15) is 0 Å². The van der Waals surface area contributed by atoms with Gasteiger partial charge in [0.2, 0.25) is 0 Å². The standard InChI is InChI=1S/C18H17Cl2NO5/c1-25-12-6-3-10(4-7-12)16(22)15(18(24)26-2)21-17(23)13-9-11(19)5-8-14(13)20/h3-9,15-16,22H,1-2H3,(H,21,23). The van der Waals surface area contributed by atoms with Crippen LogP contribution in [0.15, 0.2) is 42.5 Å². The number of rotatable bonds is 6. The molecule has 0 aliphatic heterocycles. The van der Waals surface area contributed by atoms with E-state index in [4.69, 9.17) is 32.7 Å². The number of benzene rings is 2. The van der Waals surface area contributed by atoms with Crippen LogP contribution in [0.5, 0.6) is 5.75 Å². The molecule has 138 valence electrons. The maximum Gasteiger partial charge on any atom is 0.331 e. The summed E-state index contributed by atoms with van der Waals surface area (Å²) in [6.45, 7) is 0. The highest BCUT2D eigenvalue weighted by molar-refractivity contribution is 6.35. The Balaban J connectivity index is 2.27. The number of nitrogens with one attached hydrogen (secondary N) is 1. The van der Waals surface area contributed by atoms with Crippen molar-refractivity contribution in [3.63, 3.8) is 0 Å². The van der Waals surface area contributed by atoms with E-state index in [-0.39, 0.29) is 10.6 Å². The summed E-state index contributed by atoms with van der Waals surface area (Å²) in [6, 6.07) is 9.45. The van der Waals surface area contributed by atoms with Crippen molar-refractivity contribution in [3.05, 3.63) is 63.6 Å². The number of carbonyl (C=O) groups is 2. The van der Waals surface area contributed by atoms with Crippen molar-refractivity contribution < 1.29 is 24.2 Å². The highest BCUT2D eigenvalue weighted by Gasteiger charge is 2.31. The second kappa shape index (κ2) is 8.89. The van der Waals surface area contributed by atoms with Crippen LogP contribution < -0.4 is 10.1 Å². The monoisotopic (exact) mass is 397 g/mol. The summed E-state index contributed by atoms with van der Waals surface area (Å²) in [5.74, 6) is -0.884. The molecule has 0 heterocycles. The zero-order valence-electron chi connectivity index (χ0n) is 14.0. The summed E-state index contributed by atoms with van der Waals surface area (Å²) >= 11 is 11.9. The van der Waals surface area contributed by atoms with Crippen molar-refractivity contribution >= 4 is 35.1 Å². The van der Waals surface area contributed by atoms with Gasteiger partial charge in [0.1, 0.15) is 11.9 Å². The number of aliphatic hydroxyl groups excluding tert-OH is 1. The van der Waals surface area contributed by atoms with Crippen molar-refractivity contribution in [2.45, 2.75) is 12.1 Å². The quantitative estimate of drug-likeness (QED) is 0.731. The molecule has 0 saturated carbocycles. The van der Waals surface area contributed by atoms with Gasteiger partial charge in [-0.3, -0.25) is 4.79 Å². The molecule has 0 saturated heterocycles. The van der Waals surface area contributed by atoms with Crippen LogP contribution in [-0.2, 0) is 9.53 Å². The van der Waals surface area contributed by atoms with Gasteiger partial charge in [-0.15, -0.1) is 0 Å². The Labute approximate surface area is 160 Å². The molecule has 6 nitrogen and oxygen atoms in total. The number of methoxy groups -OCH3 is 2. The zero-order chi connectivity index (χ0) is 19.3. The van der Waals surface area contributed by atoms with Crippen LogP contribution in [0.4, 0.5) is 0 Å². The van der Waals surface area contributed by atoms with Crippen LogP contribution in [0.25, 0.3) is 0 Å². The molecule has 2 N–H and O–H groups in total. The Morgan fingerprint density at radius 3 is 2.31 bits per heavy atom. The van der Waals surface area contributed by atoms with E-state index in [9.17, 15) is 14.7 Å². The van der Waals surface area contributed by atoms with Gasteiger partial charge in [-0.25, -0.2) is 4.79 Å². The summed E-state index contributed by atoms with van der Waals surface area (Å²) in [4.78, 5) is 24.6. The fourth-order valence-corrected chi connectivity index (χ4v) is 2.65. The third-order valence-electron chi connectivity index (χ3n) is 3.69. The van der Waals surface area contributed by atoms with E-state index in [0.29, 0.717) is 16.3 Å². The summed E-state index contributed by atoms with van der Waals surface area (Å²) in [6.07, 6.45) is -1.34. The number of aliphatic hydroxyl groups is 1. The van der Waals surface area contributed by atoms with Crippen molar-refractivity contribution in [2.75, 3.05) is 14.2 Å². The van der Waals surface area contributed by atoms with Gasteiger partial charge in [0, 0.05) is 5.02 Å². The molecule has 26 heavy (non-hydrogen) atoms. The molecule has 0 spiro atoms. The summed E-state index contributed by atoms with van der Waals surface area (Å²) in [7, 11) is 2.67. The number of hydrogen-bond acceptors (Lipinski definition) is 5. The Hall–Kier alpha value is -2.28. The third kappa shape index (κ3) is 4.66. The van der Waals surface area contributed by atoms with Gasteiger partial charge in [-0.05, 0) is 35.9 Å². The zero-order valence-corrected chi connectivity index (χ0v) is 15.5. The van der Waals surface area contributed by atoms with E-state index in [1.807, 2.05) is 0 Å². The Morgan fingerprint density at radius 2 is 1.73 bits per heavy atom. The van der Waals surface area contributed by atoms with E-state index in [1.54, 1.807) is 24.3 Å². The van der Waals surface area contributed by atoms with Crippen molar-refractivity contribution in [2.24, 2.45) is 0 Å². The molecular weight excluding hydrogens is 381 g/mol. The van der Waals surface area contributed by atoms with Crippen LogP contribution in [0.1, 0.15) is 22.0 Å². The van der Waals surface area contributed by atoms with E-state index in [0.717, 1.165) is 7.11 Å². The lowest BCUT2D eigenvalue weighted by Crippen LogP contribution is -2.45. The lowest BCUT2D eigenvalue weighted by Gasteiger charge is -2.22. The van der Waals surface area contributed by atoms with Crippen LogP contribution >= 0.6 is 23.2 Å². The number of halogens is 2. The third-order valence-corrected chi connectivity index (χ3v) is 4.25. The molecule has 0 aliphatic rings. The Kier molecular flexibility index (Phi) is 6.85. The fourth-order valence-electron chi connectivity index (χ4n) is 2.28. The predicted octanol–water partition coefficient (Wildman–Crippen LogP) is 3.01. The maximum atomic E-state index is 12.5. The van der Waals surface area contributed by atoms with Gasteiger partial charge in [-0.1, -0.05) is 35.3 Å². The Morgan fingerprint density at radius 1 is 1.08 bits per heavy atom. The largest absolute Gasteiger partial charge is 0.497 e. The molecule has 0 aliphatic carbocycles. The van der Waals surface area contributed by atoms with Crippen LogP contribution in [0, 0.1) is 0 Å². The molecule has 8 heteroatoms. The summed E-state index contributed by atoms with van der Waals surface area (Å²) in [5, 5.41) is 13.5. The number of amides is 1. The topological polar surface area (TPSA) is 84.9 Å². The molecule has 0 fully saturated rings. The number of esters is 1. The van der Waals surface area contributed by atoms with Gasteiger partial charge in [0.15, 0.2) is 6.04 Å².